The van der Waals surface area contributed by atoms with Crippen LogP contribution in [0.1, 0.15) is 30.4 Å². The number of nitrogens with one attached hydrogen (secondary N) is 2. The molecule has 0 heterocycles. The molecule has 3 N–H and O–H groups in total. The average Bonchev–Trinajstić information content (AvgIpc) is 2.68. The molecule has 0 aliphatic carbocycles. The van der Waals surface area contributed by atoms with Crippen LogP contribution in [0.4, 0.5) is 14.5 Å². The predicted octanol–water partition coefficient (Wildman–Crippen LogP) is 3.86. The van der Waals surface area contributed by atoms with Gasteiger partial charge in [0, 0.05) is 12.2 Å². The van der Waals surface area contributed by atoms with Crippen molar-refractivity contribution in [3.63, 3.8) is 0 Å². The van der Waals surface area contributed by atoms with Gasteiger partial charge < -0.3 is 10.2 Å². The molecule has 0 radical (unpaired) electrons. The number of carbonyl (C=O) groups is 1. The van der Waals surface area contributed by atoms with Crippen LogP contribution in [-0.4, -0.2) is 35.6 Å². The van der Waals surface area contributed by atoms with Gasteiger partial charge in [-0.05, 0) is 81.2 Å². The van der Waals surface area contributed by atoms with Gasteiger partial charge >= 0.3 is 0 Å². The lowest BCUT2D eigenvalue weighted by molar-refractivity contribution is -0.130. The first-order chi connectivity index (χ1) is 13.4. The number of nitrogens with zero attached hydrogens (tertiary/aromatic N) is 1. The van der Waals surface area contributed by atoms with Crippen molar-refractivity contribution in [3.05, 3.63) is 65.2 Å². The zero-order valence-corrected chi connectivity index (χ0v) is 16.2. The van der Waals surface area contributed by atoms with E-state index >= 15 is 0 Å². The minimum Gasteiger partial charge on any atom is -0.374 e. The molecule has 0 aromatic heterocycles. The summed E-state index contributed by atoms with van der Waals surface area (Å²) in [6.45, 7) is 3.19. The van der Waals surface area contributed by atoms with Crippen LogP contribution in [-0.2, 0) is 11.3 Å². The molecule has 7 heteroatoms. The molecule has 0 aliphatic rings. The summed E-state index contributed by atoms with van der Waals surface area (Å²) in [6, 6.07) is 10.4. The monoisotopic (exact) mass is 391 g/mol. The van der Waals surface area contributed by atoms with Gasteiger partial charge in [-0.2, -0.15) is 0 Å². The Bertz CT molecular complexity index is 769. The molecule has 1 amide bonds. The summed E-state index contributed by atoms with van der Waals surface area (Å²) in [6.07, 6.45) is 2.14. The summed E-state index contributed by atoms with van der Waals surface area (Å²) in [5.41, 5.74) is 3.83. The number of benzene rings is 2. The molecule has 0 unspecified atom stereocenters. The van der Waals surface area contributed by atoms with Gasteiger partial charge in [-0.3, -0.25) is 10.0 Å². The standard InChI is InChI=1S/C21H27F2N3O2/c1-15-13-18(10-11-19(15)23)24-20(21(27)25-28)5-3-4-12-26(2)14-16-6-8-17(22)9-7-16/h6-11,13,20,24,28H,3-5,12,14H2,1-2H3,(H,25,27)/t20-/m1/s1. The normalized spacial score (nSPS) is 12.1. The number of anilines is 1. The lowest BCUT2D eigenvalue weighted by Gasteiger charge is -2.20. The van der Waals surface area contributed by atoms with E-state index in [2.05, 4.69) is 10.2 Å². The molecule has 0 saturated heterocycles. The second-order valence-corrected chi connectivity index (χ2v) is 7.00. The van der Waals surface area contributed by atoms with E-state index in [0.717, 1.165) is 24.9 Å². The Morgan fingerprint density at radius 1 is 1.14 bits per heavy atom. The van der Waals surface area contributed by atoms with Crippen LogP contribution in [0.5, 0.6) is 0 Å². The highest BCUT2D eigenvalue weighted by molar-refractivity contribution is 5.83. The second-order valence-electron chi connectivity index (χ2n) is 7.00. The van der Waals surface area contributed by atoms with Crippen molar-refractivity contribution in [2.45, 2.75) is 38.8 Å². The Morgan fingerprint density at radius 3 is 2.50 bits per heavy atom. The summed E-state index contributed by atoms with van der Waals surface area (Å²) in [5.74, 6) is -1.08. The van der Waals surface area contributed by atoms with Gasteiger partial charge in [0.1, 0.15) is 17.7 Å². The Balaban J connectivity index is 1.80. The fourth-order valence-corrected chi connectivity index (χ4v) is 2.99. The third-order valence-electron chi connectivity index (χ3n) is 4.57. The molecular formula is C21H27F2N3O2. The van der Waals surface area contributed by atoms with E-state index in [4.69, 9.17) is 5.21 Å². The SMILES string of the molecule is Cc1cc(N[C@H](CCCCN(C)Cc2ccc(F)cc2)C(=O)NO)ccc1F. The largest absolute Gasteiger partial charge is 0.374 e. The van der Waals surface area contributed by atoms with Gasteiger partial charge in [0.15, 0.2) is 0 Å². The molecule has 0 spiro atoms. The topological polar surface area (TPSA) is 64.6 Å². The Labute approximate surface area is 164 Å². The zero-order chi connectivity index (χ0) is 20.5. The third kappa shape index (κ3) is 6.90. The highest BCUT2D eigenvalue weighted by Crippen LogP contribution is 2.16. The molecule has 152 valence electrons. The number of rotatable bonds is 10. The summed E-state index contributed by atoms with van der Waals surface area (Å²) in [7, 11) is 1.99. The van der Waals surface area contributed by atoms with E-state index in [1.807, 2.05) is 7.05 Å². The van der Waals surface area contributed by atoms with Crippen molar-refractivity contribution in [3.8, 4) is 0 Å². The number of carbonyl (C=O) groups excluding carboxylic acids is 1. The maximum Gasteiger partial charge on any atom is 0.265 e. The minimum absolute atomic E-state index is 0.247. The fourth-order valence-electron chi connectivity index (χ4n) is 2.99. The summed E-state index contributed by atoms with van der Waals surface area (Å²) in [4.78, 5) is 14.1. The summed E-state index contributed by atoms with van der Waals surface area (Å²) in [5, 5.41) is 12.0. The first kappa shape index (κ1) is 21.8. The molecule has 2 aromatic carbocycles. The van der Waals surface area contributed by atoms with Crippen molar-refractivity contribution in [1.29, 1.82) is 0 Å². The summed E-state index contributed by atoms with van der Waals surface area (Å²) >= 11 is 0. The molecule has 2 rings (SSSR count). The Kier molecular flexibility index (Phi) is 8.35. The van der Waals surface area contributed by atoms with Crippen molar-refractivity contribution in [2.75, 3.05) is 18.9 Å². The number of amides is 1. The van der Waals surface area contributed by atoms with Gasteiger partial charge in [-0.25, -0.2) is 14.3 Å². The maximum absolute atomic E-state index is 13.4. The third-order valence-corrected chi connectivity index (χ3v) is 4.57. The molecule has 5 nitrogen and oxygen atoms in total. The van der Waals surface area contributed by atoms with Crippen molar-refractivity contribution in [1.82, 2.24) is 10.4 Å². The van der Waals surface area contributed by atoms with E-state index in [9.17, 15) is 13.6 Å². The van der Waals surface area contributed by atoms with Gasteiger partial charge in [0.2, 0.25) is 0 Å². The molecule has 28 heavy (non-hydrogen) atoms. The molecule has 0 saturated carbocycles. The van der Waals surface area contributed by atoms with Gasteiger partial charge in [0.05, 0.1) is 0 Å². The molecule has 0 bridgehead atoms. The number of halogens is 2. The van der Waals surface area contributed by atoms with Crippen LogP contribution < -0.4 is 10.8 Å². The number of hydrogen-bond donors (Lipinski definition) is 3. The number of hydroxylamine groups is 1. The van der Waals surface area contributed by atoms with Crippen LogP contribution in [0, 0.1) is 18.6 Å². The van der Waals surface area contributed by atoms with E-state index < -0.39 is 11.9 Å². The second kappa shape index (κ2) is 10.7. The van der Waals surface area contributed by atoms with Crippen LogP contribution in [0.25, 0.3) is 0 Å². The van der Waals surface area contributed by atoms with E-state index in [1.54, 1.807) is 36.7 Å². The van der Waals surface area contributed by atoms with Crippen LogP contribution in [0.3, 0.4) is 0 Å². The molecule has 0 aliphatic heterocycles. The van der Waals surface area contributed by atoms with E-state index in [0.29, 0.717) is 24.2 Å². The lowest BCUT2D eigenvalue weighted by Crippen LogP contribution is -2.38. The van der Waals surface area contributed by atoms with Gasteiger partial charge in [0.25, 0.3) is 5.91 Å². The minimum atomic E-state index is -0.614. The molecule has 2 aromatic rings. The number of unbranched alkanes of at least 4 members (excludes halogenated alkanes) is 1. The average molecular weight is 391 g/mol. The highest BCUT2D eigenvalue weighted by Gasteiger charge is 2.18. The zero-order valence-electron chi connectivity index (χ0n) is 16.2. The van der Waals surface area contributed by atoms with Crippen molar-refractivity contribution < 1.29 is 18.8 Å². The van der Waals surface area contributed by atoms with E-state index in [-0.39, 0.29) is 11.6 Å². The highest BCUT2D eigenvalue weighted by atomic mass is 19.1. The lowest BCUT2D eigenvalue weighted by atomic mass is 10.1. The van der Waals surface area contributed by atoms with Crippen LogP contribution >= 0.6 is 0 Å². The Hall–Kier alpha value is -2.51. The summed E-state index contributed by atoms with van der Waals surface area (Å²) < 4.78 is 26.3. The molecular weight excluding hydrogens is 364 g/mol. The van der Waals surface area contributed by atoms with Gasteiger partial charge in [-0.1, -0.05) is 12.1 Å². The number of aryl methyl sites for hydroxylation is 1. The fraction of sp³-hybridized carbons (Fsp3) is 0.381. The maximum atomic E-state index is 13.4. The van der Waals surface area contributed by atoms with Gasteiger partial charge in [-0.15, -0.1) is 0 Å². The van der Waals surface area contributed by atoms with Crippen LogP contribution in [0.2, 0.25) is 0 Å². The Morgan fingerprint density at radius 2 is 1.86 bits per heavy atom. The quantitative estimate of drug-likeness (QED) is 0.327. The van der Waals surface area contributed by atoms with Crippen molar-refractivity contribution >= 4 is 11.6 Å². The molecule has 1 atom stereocenters. The number of hydrogen-bond acceptors (Lipinski definition) is 4. The molecule has 0 fully saturated rings. The first-order valence-corrected chi connectivity index (χ1v) is 9.28. The van der Waals surface area contributed by atoms with E-state index in [1.165, 1.54) is 18.2 Å². The van der Waals surface area contributed by atoms with Crippen LogP contribution in [0.15, 0.2) is 42.5 Å². The first-order valence-electron chi connectivity index (χ1n) is 9.28. The smallest absolute Gasteiger partial charge is 0.265 e. The van der Waals surface area contributed by atoms with Crippen molar-refractivity contribution in [2.24, 2.45) is 0 Å². The predicted molar refractivity (Wildman–Crippen MR) is 105 cm³/mol.